The molecule has 1 aliphatic carbocycles. The van der Waals surface area contributed by atoms with Crippen molar-refractivity contribution in [3.63, 3.8) is 0 Å². The zero-order valence-electron chi connectivity index (χ0n) is 9.43. The number of nitrogens with zero attached hydrogens (tertiary/aromatic N) is 3. The predicted molar refractivity (Wildman–Crippen MR) is 65.9 cm³/mol. The van der Waals surface area contributed by atoms with Crippen molar-refractivity contribution < 1.29 is 0 Å². The van der Waals surface area contributed by atoms with Crippen LogP contribution in [0.1, 0.15) is 25.7 Å². The molecule has 1 aliphatic heterocycles. The molecule has 0 bridgehead atoms. The van der Waals surface area contributed by atoms with Crippen molar-refractivity contribution in [1.82, 2.24) is 14.7 Å². The Kier molecular flexibility index (Phi) is 3.06. The summed E-state index contributed by atoms with van der Waals surface area (Å²) in [5.41, 5.74) is 0. The van der Waals surface area contributed by atoms with Crippen LogP contribution in [0.25, 0.3) is 0 Å². The van der Waals surface area contributed by atoms with E-state index in [0.29, 0.717) is 0 Å². The highest BCUT2D eigenvalue weighted by Crippen LogP contribution is 2.33. The molecule has 16 heavy (non-hydrogen) atoms. The Bertz CT molecular complexity index is 317. The van der Waals surface area contributed by atoms with E-state index in [2.05, 4.69) is 19.6 Å². The molecular weight excluding hydrogens is 220 g/mol. The van der Waals surface area contributed by atoms with E-state index in [-0.39, 0.29) is 0 Å². The molecule has 2 aliphatic rings. The van der Waals surface area contributed by atoms with Crippen LogP contribution in [0.3, 0.4) is 0 Å². The van der Waals surface area contributed by atoms with Crippen LogP contribution in [-0.4, -0.2) is 35.0 Å². The van der Waals surface area contributed by atoms with Gasteiger partial charge in [-0.2, -0.15) is 4.37 Å². The molecule has 88 valence electrons. The lowest BCUT2D eigenvalue weighted by Gasteiger charge is -2.29. The molecule has 3 rings (SSSR count). The molecule has 2 heterocycles. The van der Waals surface area contributed by atoms with Crippen molar-refractivity contribution >= 4 is 16.7 Å². The first kappa shape index (κ1) is 10.5. The molecule has 2 fully saturated rings. The Morgan fingerprint density at radius 1 is 1.44 bits per heavy atom. The summed E-state index contributed by atoms with van der Waals surface area (Å²) in [6.07, 6.45) is 7.02. The first-order valence-electron chi connectivity index (χ1n) is 6.17. The first-order valence-corrected chi connectivity index (χ1v) is 6.95. The second-order valence-electron chi connectivity index (χ2n) is 4.82. The van der Waals surface area contributed by atoms with Gasteiger partial charge in [0.05, 0.1) is 0 Å². The smallest absolute Gasteiger partial charge is 0.205 e. The molecule has 5 heteroatoms. The largest absolute Gasteiger partial charge is 0.344 e. The van der Waals surface area contributed by atoms with Gasteiger partial charge in [-0.1, -0.05) is 0 Å². The number of rotatable bonds is 4. The highest BCUT2D eigenvalue weighted by molar-refractivity contribution is 7.09. The molecular formula is C11H18N4S. The van der Waals surface area contributed by atoms with Crippen molar-refractivity contribution in [1.29, 1.82) is 0 Å². The van der Waals surface area contributed by atoms with Gasteiger partial charge in [0.25, 0.3) is 0 Å². The van der Waals surface area contributed by atoms with Crippen LogP contribution in [0.5, 0.6) is 0 Å². The maximum atomic E-state index is 4.36. The third kappa shape index (κ3) is 2.35. The number of nitrogens with one attached hydrogen (secondary N) is 1. The summed E-state index contributed by atoms with van der Waals surface area (Å²) in [4.78, 5) is 6.84. The quantitative estimate of drug-likeness (QED) is 0.863. The molecule has 0 radical (unpaired) electrons. The number of piperidine rings is 1. The van der Waals surface area contributed by atoms with Crippen LogP contribution in [0.15, 0.2) is 6.33 Å². The molecule has 1 saturated carbocycles. The van der Waals surface area contributed by atoms with E-state index in [4.69, 9.17) is 0 Å². The van der Waals surface area contributed by atoms with Gasteiger partial charge in [-0.25, -0.2) is 4.98 Å². The van der Waals surface area contributed by atoms with Gasteiger partial charge in [0.15, 0.2) is 0 Å². The summed E-state index contributed by atoms with van der Waals surface area (Å²) in [5.74, 6) is 0.790. The van der Waals surface area contributed by atoms with E-state index >= 15 is 0 Å². The second kappa shape index (κ2) is 4.67. The second-order valence-corrected chi connectivity index (χ2v) is 5.58. The van der Waals surface area contributed by atoms with Gasteiger partial charge >= 0.3 is 0 Å². The van der Waals surface area contributed by atoms with Crippen LogP contribution in [0.4, 0.5) is 5.13 Å². The van der Waals surface area contributed by atoms with Crippen LogP contribution < -0.4 is 10.2 Å². The summed E-state index contributed by atoms with van der Waals surface area (Å²) >= 11 is 1.53. The van der Waals surface area contributed by atoms with E-state index in [0.717, 1.165) is 23.6 Å². The van der Waals surface area contributed by atoms with Crippen molar-refractivity contribution in [3.05, 3.63) is 6.33 Å². The van der Waals surface area contributed by atoms with Crippen LogP contribution >= 0.6 is 11.5 Å². The zero-order valence-corrected chi connectivity index (χ0v) is 10.2. The number of aromatic nitrogens is 2. The molecule has 1 N–H and O–H groups in total. The lowest BCUT2D eigenvalue weighted by atomic mass is 9.99. The molecule has 1 aromatic heterocycles. The van der Waals surface area contributed by atoms with E-state index in [1.807, 2.05) is 0 Å². The first-order chi connectivity index (χ1) is 7.93. The number of anilines is 1. The van der Waals surface area contributed by atoms with Crippen molar-refractivity contribution in [2.75, 3.05) is 24.5 Å². The van der Waals surface area contributed by atoms with Gasteiger partial charge in [-0.05, 0) is 44.7 Å². The van der Waals surface area contributed by atoms with Crippen LogP contribution in [0.2, 0.25) is 0 Å². The predicted octanol–water partition coefficient (Wildman–Crippen LogP) is 1.51. The standard InChI is InChI=1S/C11H18N4S/c1-2-9(6-12-5-1)7-15(10-3-4-10)11-13-8-14-16-11/h8-10,12H,1-7H2. The summed E-state index contributed by atoms with van der Waals surface area (Å²) in [6, 6.07) is 0.745. The Hall–Kier alpha value is -0.680. The molecule has 4 nitrogen and oxygen atoms in total. The SMILES string of the molecule is c1nsc(N(CC2CCCNC2)C2CC2)n1. The minimum absolute atomic E-state index is 0.745. The van der Waals surface area contributed by atoms with Gasteiger partial charge < -0.3 is 10.2 Å². The van der Waals surface area contributed by atoms with E-state index in [1.165, 1.54) is 50.3 Å². The minimum Gasteiger partial charge on any atom is -0.344 e. The van der Waals surface area contributed by atoms with E-state index < -0.39 is 0 Å². The Balaban J connectivity index is 1.64. The monoisotopic (exact) mass is 238 g/mol. The number of hydrogen-bond donors (Lipinski definition) is 1. The van der Waals surface area contributed by atoms with Gasteiger partial charge in [0.1, 0.15) is 6.33 Å². The fourth-order valence-electron chi connectivity index (χ4n) is 2.42. The summed E-state index contributed by atoms with van der Waals surface area (Å²) < 4.78 is 4.12. The maximum Gasteiger partial charge on any atom is 0.205 e. The Morgan fingerprint density at radius 3 is 3.00 bits per heavy atom. The van der Waals surface area contributed by atoms with Crippen molar-refractivity contribution in [2.24, 2.45) is 5.92 Å². The molecule has 1 atom stereocenters. The molecule has 0 amide bonds. The third-order valence-corrected chi connectivity index (χ3v) is 4.14. The number of hydrogen-bond acceptors (Lipinski definition) is 5. The lowest BCUT2D eigenvalue weighted by Crippen LogP contribution is -2.39. The summed E-state index contributed by atoms with van der Waals surface area (Å²) in [5, 5.41) is 4.60. The average molecular weight is 238 g/mol. The van der Waals surface area contributed by atoms with Crippen molar-refractivity contribution in [2.45, 2.75) is 31.7 Å². The van der Waals surface area contributed by atoms with Gasteiger partial charge in [-0.15, -0.1) is 0 Å². The normalized spacial score (nSPS) is 25.6. The van der Waals surface area contributed by atoms with E-state index in [1.54, 1.807) is 6.33 Å². The molecule has 0 aromatic carbocycles. The van der Waals surface area contributed by atoms with Crippen molar-refractivity contribution in [3.8, 4) is 0 Å². The summed E-state index contributed by atoms with van der Waals surface area (Å²) in [6.45, 7) is 3.52. The topological polar surface area (TPSA) is 41.1 Å². The van der Waals surface area contributed by atoms with Gasteiger partial charge in [-0.3, -0.25) is 0 Å². The molecule has 1 saturated heterocycles. The fourth-order valence-corrected chi connectivity index (χ4v) is 3.03. The summed E-state index contributed by atoms with van der Waals surface area (Å²) in [7, 11) is 0. The Morgan fingerprint density at radius 2 is 2.38 bits per heavy atom. The van der Waals surface area contributed by atoms with Gasteiger partial charge in [0, 0.05) is 24.1 Å². The zero-order chi connectivity index (χ0) is 10.8. The van der Waals surface area contributed by atoms with E-state index in [9.17, 15) is 0 Å². The minimum atomic E-state index is 0.745. The lowest BCUT2D eigenvalue weighted by molar-refractivity contribution is 0.376. The third-order valence-electron chi connectivity index (χ3n) is 3.44. The van der Waals surface area contributed by atoms with Crippen LogP contribution in [0, 0.1) is 5.92 Å². The Labute approximate surface area is 100 Å². The molecule has 1 aromatic rings. The average Bonchev–Trinajstić information content (AvgIpc) is 3.02. The maximum absolute atomic E-state index is 4.36. The molecule has 0 spiro atoms. The van der Waals surface area contributed by atoms with Crippen LogP contribution in [-0.2, 0) is 0 Å². The highest BCUT2D eigenvalue weighted by Gasteiger charge is 2.32. The highest BCUT2D eigenvalue weighted by atomic mass is 32.1. The molecule has 1 unspecified atom stereocenters. The van der Waals surface area contributed by atoms with Gasteiger partial charge in [0.2, 0.25) is 5.13 Å². The fraction of sp³-hybridized carbons (Fsp3) is 0.818.